The first-order valence-corrected chi connectivity index (χ1v) is 11.3. The van der Waals surface area contributed by atoms with E-state index < -0.39 is 29.5 Å². The van der Waals surface area contributed by atoms with Crippen molar-refractivity contribution in [3.8, 4) is 0 Å². The molecule has 2 aromatic heterocycles. The van der Waals surface area contributed by atoms with Gasteiger partial charge >= 0.3 is 12.1 Å². The van der Waals surface area contributed by atoms with Gasteiger partial charge in [-0.3, -0.25) is 9.59 Å². The van der Waals surface area contributed by atoms with Gasteiger partial charge in [0, 0.05) is 11.3 Å². The number of halogens is 4. The van der Waals surface area contributed by atoms with Crippen LogP contribution in [0.2, 0.25) is 5.02 Å². The fourth-order valence-electron chi connectivity index (χ4n) is 3.20. The number of aromatic carboxylic acids is 1. The molecule has 0 spiro atoms. The van der Waals surface area contributed by atoms with Crippen molar-refractivity contribution in [3.63, 3.8) is 0 Å². The van der Waals surface area contributed by atoms with E-state index in [0.717, 1.165) is 18.2 Å². The van der Waals surface area contributed by atoms with Crippen LogP contribution in [0, 0.1) is 0 Å². The van der Waals surface area contributed by atoms with Gasteiger partial charge in [0.05, 0.1) is 46.1 Å². The molecular formula is C25H16ClF3N6O4. The summed E-state index contributed by atoms with van der Waals surface area (Å²) in [5, 5.41) is 16.8. The summed E-state index contributed by atoms with van der Waals surface area (Å²) in [5.74, 6) is -2.48. The van der Waals surface area contributed by atoms with E-state index in [2.05, 4.69) is 30.9 Å². The highest BCUT2D eigenvalue weighted by molar-refractivity contribution is 6.34. The second kappa shape index (κ2) is 11.1. The largest absolute Gasteiger partial charge is 0.477 e. The number of hydrogen-bond acceptors (Lipinski definition) is 7. The van der Waals surface area contributed by atoms with Gasteiger partial charge in [-0.15, -0.1) is 0 Å². The maximum atomic E-state index is 13.0. The molecule has 0 saturated carbocycles. The fourth-order valence-corrected chi connectivity index (χ4v) is 3.40. The standard InChI is InChI=1S/C25H16ClF3N6O4/c26-19-6-4-15(33-21(36)13-2-1-3-14(8-13)25(27,28)29)9-18(19)22(37)34-17-11-31-24(32-12-17)35-16-5-7-20(23(38)39)30-10-16/h1-12H,(H,33,36)(H,34,37)(H,38,39)(H,31,32,35). The highest BCUT2D eigenvalue weighted by Gasteiger charge is 2.31. The number of hydrogen-bond donors (Lipinski definition) is 4. The van der Waals surface area contributed by atoms with Crippen LogP contribution < -0.4 is 16.0 Å². The minimum absolute atomic E-state index is 0.0229. The molecule has 2 aromatic carbocycles. The quantitative estimate of drug-likeness (QED) is 0.234. The Balaban J connectivity index is 1.42. The van der Waals surface area contributed by atoms with Gasteiger partial charge in [-0.2, -0.15) is 13.2 Å². The molecule has 0 fully saturated rings. The molecule has 0 radical (unpaired) electrons. The Morgan fingerprint density at radius 2 is 1.46 bits per heavy atom. The number of pyridine rings is 1. The molecule has 0 aliphatic carbocycles. The average Bonchev–Trinajstić information content (AvgIpc) is 2.90. The second-order valence-electron chi connectivity index (χ2n) is 7.84. The minimum atomic E-state index is -4.61. The normalized spacial score (nSPS) is 11.0. The lowest BCUT2D eigenvalue weighted by molar-refractivity contribution is -0.137. The maximum Gasteiger partial charge on any atom is 0.416 e. The molecule has 4 aromatic rings. The lowest BCUT2D eigenvalue weighted by Gasteiger charge is -2.11. The number of carboxylic acids is 1. The zero-order valence-corrected chi connectivity index (χ0v) is 20.2. The van der Waals surface area contributed by atoms with Gasteiger partial charge in [0.15, 0.2) is 0 Å². The maximum absolute atomic E-state index is 13.0. The lowest BCUT2D eigenvalue weighted by atomic mass is 10.1. The van der Waals surface area contributed by atoms with Crippen molar-refractivity contribution in [2.75, 3.05) is 16.0 Å². The highest BCUT2D eigenvalue weighted by atomic mass is 35.5. The number of rotatable bonds is 7. The molecule has 0 atom stereocenters. The van der Waals surface area contributed by atoms with Gasteiger partial charge in [0.1, 0.15) is 5.69 Å². The molecule has 2 heterocycles. The third kappa shape index (κ3) is 6.84. The molecule has 0 aliphatic heterocycles. The van der Waals surface area contributed by atoms with E-state index in [4.69, 9.17) is 16.7 Å². The van der Waals surface area contributed by atoms with Crippen molar-refractivity contribution in [1.29, 1.82) is 0 Å². The van der Waals surface area contributed by atoms with Gasteiger partial charge in [-0.05, 0) is 48.5 Å². The van der Waals surface area contributed by atoms with Crippen molar-refractivity contribution in [2.24, 2.45) is 0 Å². The van der Waals surface area contributed by atoms with Crippen LogP contribution in [0.25, 0.3) is 0 Å². The Bertz CT molecular complexity index is 1550. The van der Waals surface area contributed by atoms with Crippen molar-refractivity contribution in [3.05, 3.63) is 101 Å². The predicted octanol–water partition coefficient (Wildman–Crippen LogP) is 5.49. The molecular weight excluding hydrogens is 541 g/mol. The van der Waals surface area contributed by atoms with E-state index in [0.29, 0.717) is 5.69 Å². The first kappa shape index (κ1) is 27.0. The third-order valence-corrected chi connectivity index (χ3v) is 5.40. The van der Waals surface area contributed by atoms with Crippen molar-refractivity contribution < 1.29 is 32.7 Å². The SMILES string of the molecule is O=C(Nc1ccc(Cl)c(C(=O)Nc2cnc(Nc3ccc(C(=O)O)nc3)nc2)c1)c1cccc(C(F)(F)F)c1. The van der Waals surface area contributed by atoms with Crippen LogP contribution in [0.5, 0.6) is 0 Å². The molecule has 198 valence electrons. The topological polar surface area (TPSA) is 146 Å². The molecule has 0 aliphatic rings. The summed E-state index contributed by atoms with van der Waals surface area (Å²) in [6, 6.07) is 10.7. The molecule has 0 saturated heterocycles. The van der Waals surface area contributed by atoms with Crippen LogP contribution >= 0.6 is 11.6 Å². The zero-order valence-electron chi connectivity index (χ0n) is 19.5. The van der Waals surface area contributed by atoms with Crippen LogP contribution in [0.4, 0.5) is 36.2 Å². The molecule has 4 rings (SSSR count). The fraction of sp³-hybridized carbons (Fsp3) is 0.0400. The Kier molecular flexibility index (Phi) is 7.72. The monoisotopic (exact) mass is 556 g/mol. The first-order valence-electron chi connectivity index (χ1n) is 10.9. The number of nitrogens with zero attached hydrogens (tertiary/aromatic N) is 3. The van der Waals surface area contributed by atoms with E-state index in [9.17, 15) is 27.6 Å². The molecule has 0 unspecified atom stereocenters. The Labute approximate surface area is 222 Å². The summed E-state index contributed by atoms with van der Waals surface area (Å²) in [7, 11) is 0. The molecule has 39 heavy (non-hydrogen) atoms. The van der Waals surface area contributed by atoms with Crippen LogP contribution in [0.3, 0.4) is 0 Å². The van der Waals surface area contributed by atoms with E-state index in [1.807, 2.05) is 0 Å². The summed E-state index contributed by atoms with van der Waals surface area (Å²) < 4.78 is 38.9. The van der Waals surface area contributed by atoms with Crippen LogP contribution in [0.1, 0.15) is 36.8 Å². The van der Waals surface area contributed by atoms with Crippen LogP contribution in [0.15, 0.2) is 73.2 Å². The first-order chi connectivity index (χ1) is 18.5. The van der Waals surface area contributed by atoms with Gasteiger partial charge in [-0.1, -0.05) is 17.7 Å². The molecule has 14 heteroatoms. The number of carbonyl (C=O) groups excluding carboxylic acids is 2. The van der Waals surface area contributed by atoms with E-state index in [-0.39, 0.29) is 39.2 Å². The molecule has 0 bridgehead atoms. The average molecular weight is 557 g/mol. The van der Waals surface area contributed by atoms with Gasteiger partial charge < -0.3 is 21.1 Å². The van der Waals surface area contributed by atoms with Gasteiger partial charge in [0.2, 0.25) is 5.95 Å². The molecule has 4 N–H and O–H groups in total. The van der Waals surface area contributed by atoms with Crippen molar-refractivity contribution in [2.45, 2.75) is 6.18 Å². The van der Waals surface area contributed by atoms with Crippen molar-refractivity contribution in [1.82, 2.24) is 15.0 Å². The van der Waals surface area contributed by atoms with Crippen LogP contribution in [-0.4, -0.2) is 37.8 Å². The minimum Gasteiger partial charge on any atom is -0.477 e. The number of anilines is 4. The summed E-state index contributed by atoms with van der Waals surface area (Å²) in [6.07, 6.45) is -0.702. The summed E-state index contributed by atoms with van der Waals surface area (Å²) in [5.41, 5.74) is -0.562. The number of carbonyl (C=O) groups is 3. The summed E-state index contributed by atoms with van der Waals surface area (Å²) in [4.78, 5) is 48.1. The Morgan fingerprint density at radius 1 is 0.795 bits per heavy atom. The van der Waals surface area contributed by atoms with E-state index in [1.165, 1.54) is 55.0 Å². The van der Waals surface area contributed by atoms with Crippen molar-refractivity contribution >= 4 is 52.4 Å². The summed E-state index contributed by atoms with van der Waals surface area (Å²) >= 11 is 6.15. The van der Waals surface area contributed by atoms with E-state index in [1.54, 1.807) is 0 Å². The Morgan fingerprint density at radius 3 is 2.10 bits per heavy atom. The van der Waals surface area contributed by atoms with Crippen LogP contribution in [-0.2, 0) is 6.18 Å². The molecule has 2 amide bonds. The summed E-state index contributed by atoms with van der Waals surface area (Å²) in [6.45, 7) is 0. The van der Waals surface area contributed by atoms with E-state index >= 15 is 0 Å². The second-order valence-corrected chi connectivity index (χ2v) is 8.25. The zero-order chi connectivity index (χ0) is 28.2. The predicted molar refractivity (Wildman–Crippen MR) is 135 cm³/mol. The number of amides is 2. The number of carboxylic acid groups (broad SMARTS) is 1. The van der Waals surface area contributed by atoms with Gasteiger partial charge in [0.25, 0.3) is 11.8 Å². The number of nitrogens with one attached hydrogen (secondary N) is 3. The number of benzene rings is 2. The number of aromatic nitrogens is 3. The third-order valence-electron chi connectivity index (χ3n) is 5.07. The lowest BCUT2D eigenvalue weighted by Crippen LogP contribution is -2.16. The molecule has 10 nitrogen and oxygen atoms in total. The smallest absolute Gasteiger partial charge is 0.416 e. The van der Waals surface area contributed by atoms with Gasteiger partial charge in [-0.25, -0.2) is 19.7 Å². The highest BCUT2D eigenvalue weighted by Crippen LogP contribution is 2.30. The number of alkyl halides is 3. The Hall–Kier alpha value is -5.04.